The van der Waals surface area contributed by atoms with Gasteiger partial charge in [-0.25, -0.2) is 8.42 Å². The molecule has 0 radical (unpaired) electrons. The van der Waals surface area contributed by atoms with Crippen LogP contribution in [0.5, 0.6) is 0 Å². The Balaban J connectivity index is 1.79. The maximum absolute atomic E-state index is 14.3. The fraction of sp³-hybridized carbons (Fsp3) is 0.212. The van der Waals surface area contributed by atoms with Gasteiger partial charge < -0.3 is 10.2 Å². The van der Waals surface area contributed by atoms with E-state index in [1.165, 1.54) is 17.0 Å². The van der Waals surface area contributed by atoms with Crippen molar-refractivity contribution in [2.75, 3.05) is 17.4 Å². The van der Waals surface area contributed by atoms with E-state index in [0.717, 1.165) is 15.4 Å². The Morgan fingerprint density at radius 1 is 0.814 bits per heavy atom. The van der Waals surface area contributed by atoms with Crippen LogP contribution in [0.1, 0.15) is 23.6 Å². The molecule has 1 atom stereocenters. The predicted octanol–water partition coefficient (Wildman–Crippen LogP) is 6.27. The fourth-order valence-corrected chi connectivity index (χ4v) is 6.38. The van der Waals surface area contributed by atoms with Crippen LogP contribution in [0, 0.1) is 6.92 Å². The van der Waals surface area contributed by atoms with Gasteiger partial charge in [0.1, 0.15) is 12.6 Å². The lowest BCUT2D eigenvalue weighted by Gasteiger charge is -2.34. The van der Waals surface area contributed by atoms with Crippen molar-refractivity contribution in [3.8, 4) is 0 Å². The lowest BCUT2D eigenvalue weighted by Crippen LogP contribution is -2.53. The number of hydrogen-bond acceptors (Lipinski definition) is 4. The van der Waals surface area contributed by atoms with E-state index < -0.39 is 28.5 Å². The van der Waals surface area contributed by atoms with Crippen molar-refractivity contribution in [1.82, 2.24) is 10.2 Å². The number of amides is 2. The third-order valence-electron chi connectivity index (χ3n) is 6.89. The van der Waals surface area contributed by atoms with Gasteiger partial charge in [0.25, 0.3) is 10.0 Å². The normalized spacial score (nSPS) is 11.9. The molecule has 0 spiro atoms. The third-order valence-corrected chi connectivity index (χ3v) is 9.42. The number of carbonyl (C=O) groups excluding carboxylic acids is 2. The molecule has 0 saturated carbocycles. The van der Waals surface area contributed by atoms with Crippen molar-refractivity contribution < 1.29 is 18.0 Å². The molecule has 0 aromatic heterocycles. The average molecular weight is 639 g/mol. The number of likely N-dealkylation sites (N-methyl/N-ethyl adjacent to an activating group) is 1. The first kappa shape index (κ1) is 32.1. The quantitative estimate of drug-likeness (QED) is 0.198. The van der Waals surface area contributed by atoms with Crippen molar-refractivity contribution in [3.05, 3.63) is 130 Å². The molecule has 0 unspecified atom stereocenters. The first-order chi connectivity index (χ1) is 20.6. The molecule has 0 aliphatic rings. The molecule has 10 heteroatoms. The molecule has 1 N–H and O–H groups in total. The van der Waals surface area contributed by atoms with E-state index in [0.29, 0.717) is 27.8 Å². The van der Waals surface area contributed by atoms with E-state index in [1.807, 2.05) is 37.3 Å². The van der Waals surface area contributed by atoms with Crippen LogP contribution in [-0.2, 0) is 32.6 Å². The average Bonchev–Trinajstić information content (AvgIpc) is 3.00. The van der Waals surface area contributed by atoms with Gasteiger partial charge in [-0.1, -0.05) is 95.5 Å². The summed E-state index contributed by atoms with van der Waals surface area (Å²) in [7, 11) is -4.15. The summed E-state index contributed by atoms with van der Waals surface area (Å²) in [5.74, 6) is -0.912. The van der Waals surface area contributed by atoms with Crippen molar-refractivity contribution in [2.45, 2.75) is 37.8 Å². The molecule has 43 heavy (non-hydrogen) atoms. The molecule has 4 aromatic rings. The summed E-state index contributed by atoms with van der Waals surface area (Å²) in [5.41, 5.74) is 2.71. The van der Waals surface area contributed by atoms with E-state index in [2.05, 4.69) is 5.32 Å². The molecule has 7 nitrogen and oxygen atoms in total. The maximum Gasteiger partial charge on any atom is 0.264 e. The number of halogens is 2. The van der Waals surface area contributed by atoms with Crippen LogP contribution >= 0.6 is 23.2 Å². The first-order valence-electron chi connectivity index (χ1n) is 13.8. The molecule has 0 saturated heterocycles. The van der Waals surface area contributed by atoms with Crippen LogP contribution in [0.2, 0.25) is 10.0 Å². The minimum atomic E-state index is -4.15. The molecule has 4 aromatic carbocycles. The van der Waals surface area contributed by atoms with Gasteiger partial charge in [-0.05, 0) is 61.4 Å². The number of carbonyl (C=O) groups is 2. The second-order valence-corrected chi connectivity index (χ2v) is 12.7. The SMILES string of the molecule is CCNC(=O)[C@H](Cc1ccccc1)N(Cc1ccc(Cl)c(Cl)c1)C(=O)CN(c1ccccc1)S(=O)(=O)c1ccc(C)cc1. The lowest BCUT2D eigenvalue weighted by atomic mass is 10.0. The van der Waals surface area contributed by atoms with Gasteiger partial charge >= 0.3 is 0 Å². The number of aryl methyl sites for hydroxylation is 1. The summed E-state index contributed by atoms with van der Waals surface area (Å²) >= 11 is 12.4. The molecule has 0 heterocycles. The van der Waals surface area contributed by atoms with Crippen LogP contribution in [0.4, 0.5) is 5.69 Å². The summed E-state index contributed by atoms with van der Waals surface area (Å²) in [6.45, 7) is 3.48. The summed E-state index contributed by atoms with van der Waals surface area (Å²) in [4.78, 5) is 29.3. The number of nitrogens with zero attached hydrogens (tertiary/aromatic N) is 2. The van der Waals surface area contributed by atoms with E-state index in [9.17, 15) is 18.0 Å². The van der Waals surface area contributed by atoms with Crippen molar-refractivity contribution in [3.63, 3.8) is 0 Å². The van der Waals surface area contributed by atoms with Crippen LogP contribution in [-0.4, -0.2) is 44.3 Å². The zero-order valence-electron chi connectivity index (χ0n) is 23.9. The Bertz CT molecular complexity index is 1650. The molecule has 2 amide bonds. The van der Waals surface area contributed by atoms with Gasteiger partial charge in [-0.3, -0.25) is 13.9 Å². The van der Waals surface area contributed by atoms with Crippen LogP contribution in [0.25, 0.3) is 0 Å². The number of hydrogen-bond donors (Lipinski definition) is 1. The Morgan fingerprint density at radius 2 is 1.44 bits per heavy atom. The Hall–Kier alpha value is -3.85. The second-order valence-electron chi connectivity index (χ2n) is 10.0. The highest BCUT2D eigenvalue weighted by Gasteiger charge is 2.34. The zero-order chi connectivity index (χ0) is 31.0. The van der Waals surface area contributed by atoms with Crippen LogP contribution < -0.4 is 9.62 Å². The third kappa shape index (κ3) is 8.16. The summed E-state index contributed by atoms with van der Waals surface area (Å²) in [6.07, 6.45) is 0.218. The van der Waals surface area contributed by atoms with E-state index in [4.69, 9.17) is 23.2 Å². The van der Waals surface area contributed by atoms with Crippen molar-refractivity contribution in [2.24, 2.45) is 0 Å². The summed E-state index contributed by atoms with van der Waals surface area (Å²) in [5, 5.41) is 3.50. The number of nitrogens with one attached hydrogen (secondary N) is 1. The number of sulfonamides is 1. The number of anilines is 1. The topological polar surface area (TPSA) is 86.8 Å². The van der Waals surface area contributed by atoms with Crippen molar-refractivity contribution >= 4 is 50.7 Å². The van der Waals surface area contributed by atoms with Gasteiger partial charge in [0, 0.05) is 19.5 Å². The predicted molar refractivity (Wildman–Crippen MR) is 172 cm³/mol. The molecule has 0 fully saturated rings. The summed E-state index contributed by atoms with van der Waals surface area (Å²) < 4.78 is 29.0. The van der Waals surface area contributed by atoms with Crippen molar-refractivity contribution in [1.29, 1.82) is 0 Å². The molecule has 224 valence electrons. The smallest absolute Gasteiger partial charge is 0.264 e. The highest BCUT2D eigenvalue weighted by Crippen LogP contribution is 2.27. The minimum absolute atomic E-state index is 0.00241. The highest BCUT2D eigenvalue weighted by atomic mass is 35.5. The largest absolute Gasteiger partial charge is 0.355 e. The lowest BCUT2D eigenvalue weighted by molar-refractivity contribution is -0.140. The van der Waals surface area contributed by atoms with Gasteiger partial charge in [-0.15, -0.1) is 0 Å². The van der Waals surface area contributed by atoms with E-state index >= 15 is 0 Å². The maximum atomic E-state index is 14.3. The zero-order valence-corrected chi connectivity index (χ0v) is 26.2. The Labute approximate surface area is 263 Å². The molecule has 4 rings (SSSR count). The minimum Gasteiger partial charge on any atom is -0.355 e. The van der Waals surface area contributed by atoms with E-state index in [-0.39, 0.29) is 23.8 Å². The fourth-order valence-electron chi connectivity index (χ4n) is 4.64. The second kappa shape index (κ2) is 14.6. The Kier molecular flexibility index (Phi) is 10.9. The number of para-hydroxylation sites is 1. The Morgan fingerprint density at radius 3 is 2.05 bits per heavy atom. The van der Waals surface area contributed by atoms with Crippen LogP contribution in [0.3, 0.4) is 0 Å². The molecule has 0 aliphatic carbocycles. The monoisotopic (exact) mass is 637 g/mol. The highest BCUT2D eigenvalue weighted by molar-refractivity contribution is 7.92. The van der Waals surface area contributed by atoms with Gasteiger partial charge in [0.15, 0.2) is 0 Å². The number of benzene rings is 4. The van der Waals surface area contributed by atoms with Crippen LogP contribution in [0.15, 0.2) is 108 Å². The standard InChI is InChI=1S/C33H33Cl2N3O4S/c1-3-36-33(40)31(21-25-10-6-4-7-11-25)37(22-26-16-19-29(34)30(35)20-26)32(39)23-38(27-12-8-5-9-13-27)43(41,42)28-17-14-24(2)15-18-28/h4-20,31H,3,21-23H2,1-2H3,(H,36,40)/t31-/m0/s1. The van der Waals surface area contributed by atoms with Gasteiger partial charge in [-0.2, -0.15) is 0 Å². The first-order valence-corrected chi connectivity index (χ1v) is 16.0. The summed E-state index contributed by atoms with van der Waals surface area (Å²) in [6, 6.07) is 28.3. The van der Waals surface area contributed by atoms with Gasteiger partial charge in [0.05, 0.1) is 20.6 Å². The molecular weight excluding hydrogens is 605 g/mol. The molecule has 0 aliphatic heterocycles. The van der Waals surface area contributed by atoms with Gasteiger partial charge in [0.2, 0.25) is 11.8 Å². The van der Waals surface area contributed by atoms with E-state index in [1.54, 1.807) is 67.6 Å². The number of rotatable bonds is 12. The molecular formula is C33H33Cl2N3O4S. The molecule has 0 bridgehead atoms.